The lowest BCUT2D eigenvalue weighted by Gasteiger charge is -2.23. The van der Waals surface area contributed by atoms with Gasteiger partial charge in [-0.25, -0.2) is 4.79 Å². The maximum absolute atomic E-state index is 11.0. The normalized spacial score (nSPS) is 11.4. The fourth-order valence-electron chi connectivity index (χ4n) is 2.70. The summed E-state index contributed by atoms with van der Waals surface area (Å²) >= 11 is 0. The predicted octanol–water partition coefficient (Wildman–Crippen LogP) is 3.46. The Kier molecular flexibility index (Phi) is 5.84. The first-order chi connectivity index (χ1) is 13.8. The van der Waals surface area contributed by atoms with Crippen molar-refractivity contribution in [1.82, 2.24) is 15.0 Å². The van der Waals surface area contributed by atoms with Crippen LogP contribution in [0, 0.1) is 0 Å². The minimum atomic E-state index is -0.677. The monoisotopic (exact) mass is 397 g/mol. The molecule has 1 N–H and O–H groups in total. The lowest BCUT2D eigenvalue weighted by Crippen LogP contribution is -2.15. The molecule has 0 bridgehead atoms. The van der Waals surface area contributed by atoms with E-state index in [0.29, 0.717) is 28.0 Å². The molecule has 0 saturated heterocycles. The molecule has 29 heavy (non-hydrogen) atoms. The summed E-state index contributed by atoms with van der Waals surface area (Å²) in [5.41, 5.74) is 2.18. The second-order valence-electron chi connectivity index (χ2n) is 7.34. The summed E-state index contributed by atoms with van der Waals surface area (Å²) in [5.74, 6) is -0.0900. The standard InChI is InChI=1S/C21H23N3O5/c1-5-19(25)29-28-11-10-27-14-12-15(21(2,3)4)20(26)18(13-14)24-22-16-8-6-7-9-17(16)23-24/h5-9,12-13,26H,1,10-11H2,2-4H3. The molecule has 0 saturated carbocycles. The molecule has 0 atom stereocenters. The topological polar surface area (TPSA) is 95.7 Å². The van der Waals surface area contributed by atoms with Crippen LogP contribution in [0.5, 0.6) is 11.5 Å². The Morgan fingerprint density at radius 2 is 1.83 bits per heavy atom. The van der Waals surface area contributed by atoms with Gasteiger partial charge in [0, 0.05) is 17.7 Å². The van der Waals surface area contributed by atoms with Gasteiger partial charge >= 0.3 is 5.97 Å². The summed E-state index contributed by atoms with van der Waals surface area (Å²) in [4.78, 5) is 21.6. The van der Waals surface area contributed by atoms with E-state index in [4.69, 9.17) is 9.62 Å². The second-order valence-corrected chi connectivity index (χ2v) is 7.34. The maximum Gasteiger partial charge on any atom is 0.365 e. The summed E-state index contributed by atoms with van der Waals surface area (Å²) in [7, 11) is 0. The average Bonchev–Trinajstić information content (AvgIpc) is 3.11. The Morgan fingerprint density at radius 1 is 1.17 bits per heavy atom. The highest BCUT2D eigenvalue weighted by Crippen LogP contribution is 2.38. The third kappa shape index (κ3) is 4.72. The Bertz CT molecular complexity index is 1000. The quantitative estimate of drug-likeness (QED) is 0.282. The molecule has 3 aromatic rings. The van der Waals surface area contributed by atoms with Crippen molar-refractivity contribution in [3.8, 4) is 17.2 Å². The Morgan fingerprint density at radius 3 is 2.41 bits per heavy atom. The molecule has 1 aromatic heterocycles. The first-order valence-corrected chi connectivity index (χ1v) is 9.08. The molecular weight excluding hydrogens is 374 g/mol. The molecule has 0 radical (unpaired) electrons. The first kappa shape index (κ1) is 20.3. The smallest absolute Gasteiger partial charge is 0.365 e. The molecule has 8 nitrogen and oxygen atoms in total. The van der Waals surface area contributed by atoms with Gasteiger partial charge in [0.15, 0.2) is 0 Å². The Hall–Kier alpha value is -3.39. The molecule has 3 rings (SSSR count). The van der Waals surface area contributed by atoms with Gasteiger partial charge in [0.05, 0.1) is 0 Å². The zero-order chi connectivity index (χ0) is 21.0. The largest absolute Gasteiger partial charge is 0.505 e. The fraction of sp³-hybridized carbons (Fsp3) is 0.286. The molecular formula is C21H23N3O5. The molecule has 8 heteroatoms. The van der Waals surface area contributed by atoms with Gasteiger partial charge < -0.3 is 9.84 Å². The van der Waals surface area contributed by atoms with Crippen molar-refractivity contribution < 1.29 is 24.4 Å². The zero-order valence-corrected chi connectivity index (χ0v) is 16.6. The second kappa shape index (κ2) is 8.32. The van der Waals surface area contributed by atoms with Crippen molar-refractivity contribution in [3.05, 3.63) is 54.6 Å². The highest BCUT2D eigenvalue weighted by atomic mass is 17.2. The number of hydrogen-bond acceptors (Lipinski definition) is 7. The van der Waals surface area contributed by atoms with Crippen molar-refractivity contribution in [2.24, 2.45) is 0 Å². The zero-order valence-electron chi connectivity index (χ0n) is 16.6. The number of carbonyl (C=O) groups excluding carboxylic acids is 1. The van der Waals surface area contributed by atoms with Crippen LogP contribution >= 0.6 is 0 Å². The number of ether oxygens (including phenoxy) is 1. The number of fused-ring (bicyclic) bond motifs is 1. The number of phenols is 1. The molecule has 1 heterocycles. The van der Waals surface area contributed by atoms with Crippen LogP contribution in [-0.2, 0) is 20.0 Å². The molecule has 0 amide bonds. The number of aromatic nitrogens is 3. The van der Waals surface area contributed by atoms with Crippen LogP contribution in [0.1, 0.15) is 26.3 Å². The van der Waals surface area contributed by atoms with Crippen LogP contribution in [-0.4, -0.2) is 39.3 Å². The molecule has 152 valence electrons. The molecule has 0 aliphatic heterocycles. The van der Waals surface area contributed by atoms with E-state index in [2.05, 4.69) is 21.7 Å². The van der Waals surface area contributed by atoms with Crippen LogP contribution < -0.4 is 4.74 Å². The fourth-order valence-corrected chi connectivity index (χ4v) is 2.70. The minimum Gasteiger partial charge on any atom is -0.505 e. The Labute approximate surface area is 168 Å². The van der Waals surface area contributed by atoms with Crippen molar-refractivity contribution >= 4 is 17.0 Å². The number of rotatable bonds is 7. The minimum absolute atomic E-state index is 0.0323. The summed E-state index contributed by atoms with van der Waals surface area (Å²) in [5, 5.41) is 19.8. The van der Waals surface area contributed by atoms with Crippen LogP contribution in [0.2, 0.25) is 0 Å². The molecule has 0 fully saturated rings. The van der Waals surface area contributed by atoms with Crippen molar-refractivity contribution in [1.29, 1.82) is 0 Å². The van der Waals surface area contributed by atoms with E-state index in [1.165, 1.54) is 4.80 Å². The van der Waals surface area contributed by atoms with Gasteiger partial charge in [0.25, 0.3) is 0 Å². The van der Waals surface area contributed by atoms with E-state index >= 15 is 0 Å². The summed E-state index contributed by atoms with van der Waals surface area (Å²) in [6.07, 6.45) is 1.00. The van der Waals surface area contributed by atoms with Crippen molar-refractivity contribution in [2.45, 2.75) is 26.2 Å². The first-order valence-electron chi connectivity index (χ1n) is 9.08. The van der Waals surface area contributed by atoms with Gasteiger partial charge in [-0.3, -0.25) is 4.89 Å². The molecule has 0 unspecified atom stereocenters. The van der Waals surface area contributed by atoms with E-state index in [1.807, 2.05) is 45.0 Å². The van der Waals surface area contributed by atoms with Crippen LogP contribution in [0.15, 0.2) is 49.1 Å². The third-order valence-corrected chi connectivity index (χ3v) is 4.12. The lowest BCUT2D eigenvalue weighted by molar-refractivity contribution is -0.269. The number of hydrogen-bond donors (Lipinski definition) is 1. The van der Waals surface area contributed by atoms with E-state index in [9.17, 15) is 9.90 Å². The predicted molar refractivity (Wildman–Crippen MR) is 107 cm³/mol. The van der Waals surface area contributed by atoms with Gasteiger partial charge in [-0.1, -0.05) is 39.5 Å². The van der Waals surface area contributed by atoms with Crippen molar-refractivity contribution in [2.75, 3.05) is 13.2 Å². The number of benzene rings is 2. The number of phenolic OH excluding ortho intramolecular Hbond substituents is 1. The van der Waals surface area contributed by atoms with Crippen LogP contribution in [0.25, 0.3) is 16.7 Å². The van der Waals surface area contributed by atoms with Gasteiger partial charge in [-0.2, -0.15) is 4.89 Å². The van der Waals surface area contributed by atoms with Crippen LogP contribution in [0.4, 0.5) is 0 Å². The van der Waals surface area contributed by atoms with Gasteiger partial charge in [0.1, 0.15) is 41.4 Å². The lowest BCUT2D eigenvalue weighted by atomic mass is 9.86. The molecule has 0 spiro atoms. The molecule has 0 aliphatic carbocycles. The highest BCUT2D eigenvalue weighted by molar-refractivity contribution is 5.80. The van der Waals surface area contributed by atoms with E-state index < -0.39 is 5.97 Å². The highest BCUT2D eigenvalue weighted by Gasteiger charge is 2.23. The van der Waals surface area contributed by atoms with Gasteiger partial charge in [-0.05, 0) is 23.6 Å². The van der Waals surface area contributed by atoms with E-state index in [-0.39, 0.29) is 24.4 Å². The molecule has 0 aliphatic rings. The van der Waals surface area contributed by atoms with Gasteiger partial charge in [-0.15, -0.1) is 15.0 Å². The van der Waals surface area contributed by atoms with E-state index in [1.54, 1.807) is 12.1 Å². The third-order valence-electron chi connectivity index (χ3n) is 4.12. The summed E-state index contributed by atoms with van der Waals surface area (Å²) in [6.45, 7) is 9.40. The van der Waals surface area contributed by atoms with Gasteiger partial charge in [0.2, 0.25) is 0 Å². The van der Waals surface area contributed by atoms with E-state index in [0.717, 1.165) is 6.08 Å². The summed E-state index contributed by atoms with van der Waals surface area (Å²) < 4.78 is 5.73. The number of nitrogens with zero attached hydrogens (tertiary/aromatic N) is 3. The average molecular weight is 397 g/mol. The summed E-state index contributed by atoms with van der Waals surface area (Å²) in [6, 6.07) is 10.9. The Balaban J connectivity index is 1.88. The maximum atomic E-state index is 11.0. The SMILES string of the molecule is C=CC(=O)OOCCOc1cc(-n2nc3ccccc3n2)c(O)c(C(C)(C)C)c1. The number of aromatic hydroxyl groups is 1. The molecule has 2 aromatic carbocycles. The number of carbonyl (C=O) groups is 1. The van der Waals surface area contributed by atoms with Crippen molar-refractivity contribution in [3.63, 3.8) is 0 Å². The van der Waals surface area contributed by atoms with Crippen LogP contribution in [0.3, 0.4) is 0 Å².